The van der Waals surface area contributed by atoms with E-state index in [9.17, 15) is 18.0 Å². The Morgan fingerprint density at radius 1 is 1.22 bits per heavy atom. The molecule has 0 aliphatic carbocycles. The molecule has 1 fully saturated rings. The molecule has 128 valence electrons. The van der Waals surface area contributed by atoms with Gasteiger partial charge in [0.25, 0.3) is 0 Å². The quantitative estimate of drug-likeness (QED) is 0.828. The van der Waals surface area contributed by atoms with Crippen molar-refractivity contribution in [1.29, 1.82) is 0 Å². The van der Waals surface area contributed by atoms with Crippen LogP contribution >= 0.6 is 0 Å². The second-order valence-corrected chi connectivity index (χ2v) is 5.74. The van der Waals surface area contributed by atoms with Crippen molar-refractivity contribution in [3.05, 3.63) is 35.9 Å². The Morgan fingerprint density at radius 3 is 2.52 bits per heavy atom. The molecule has 1 atom stereocenters. The van der Waals surface area contributed by atoms with Crippen molar-refractivity contribution < 1.29 is 18.0 Å². The summed E-state index contributed by atoms with van der Waals surface area (Å²) in [5.41, 5.74) is 6.73. The van der Waals surface area contributed by atoms with E-state index in [1.54, 1.807) is 0 Å². The molecule has 1 unspecified atom stereocenters. The molecule has 23 heavy (non-hydrogen) atoms. The van der Waals surface area contributed by atoms with Crippen LogP contribution in [0.5, 0.6) is 0 Å². The molecule has 1 aliphatic heterocycles. The summed E-state index contributed by atoms with van der Waals surface area (Å²) in [6, 6.07) is 9.30. The van der Waals surface area contributed by atoms with Gasteiger partial charge in [0.15, 0.2) is 0 Å². The van der Waals surface area contributed by atoms with Crippen LogP contribution in [-0.2, 0) is 11.2 Å². The monoisotopic (exact) mass is 329 g/mol. The predicted molar refractivity (Wildman–Crippen MR) is 81.8 cm³/mol. The first-order valence-corrected chi connectivity index (χ1v) is 7.74. The van der Waals surface area contributed by atoms with E-state index in [4.69, 9.17) is 5.73 Å². The Kier molecular flexibility index (Phi) is 6.01. The van der Waals surface area contributed by atoms with Crippen LogP contribution in [0, 0.1) is 0 Å². The lowest BCUT2D eigenvalue weighted by molar-refractivity contribution is -0.159. The summed E-state index contributed by atoms with van der Waals surface area (Å²) in [4.78, 5) is 15.1. The average molecular weight is 329 g/mol. The van der Waals surface area contributed by atoms with Gasteiger partial charge in [-0.15, -0.1) is 0 Å². The Balaban J connectivity index is 1.96. The van der Waals surface area contributed by atoms with Gasteiger partial charge in [-0.1, -0.05) is 30.3 Å². The molecular weight excluding hydrogens is 307 g/mol. The number of alkyl halides is 3. The lowest BCUT2D eigenvalue weighted by atomic mass is 10.1. The SMILES string of the molecule is NCCN(CCc1ccccc1)C1CCN(CC(F)(F)F)C1=O. The van der Waals surface area contributed by atoms with Gasteiger partial charge in [0, 0.05) is 26.2 Å². The molecule has 2 rings (SSSR count). The van der Waals surface area contributed by atoms with Crippen LogP contribution in [0.4, 0.5) is 13.2 Å². The fourth-order valence-corrected chi connectivity index (χ4v) is 2.94. The van der Waals surface area contributed by atoms with Crippen LogP contribution in [0.25, 0.3) is 0 Å². The molecule has 0 spiro atoms. The number of nitrogens with zero attached hydrogens (tertiary/aromatic N) is 2. The highest BCUT2D eigenvalue weighted by Gasteiger charge is 2.41. The highest BCUT2D eigenvalue weighted by atomic mass is 19.4. The normalized spacial score (nSPS) is 18.9. The Labute approximate surface area is 134 Å². The van der Waals surface area contributed by atoms with Crippen LogP contribution < -0.4 is 5.73 Å². The third-order valence-corrected chi connectivity index (χ3v) is 4.03. The van der Waals surface area contributed by atoms with Crippen molar-refractivity contribution >= 4 is 5.91 Å². The number of nitrogens with two attached hydrogens (primary N) is 1. The van der Waals surface area contributed by atoms with Gasteiger partial charge in [0.1, 0.15) is 6.54 Å². The van der Waals surface area contributed by atoms with Crippen LogP contribution in [0.2, 0.25) is 0 Å². The molecule has 2 N–H and O–H groups in total. The minimum atomic E-state index is -4.35. The Hall–Kier alpha value is -1.60. The largest absolute Gasteiger partial charge is 0.406 e. The lowest BCUT2D eigenvalue weighted by Crippen LogP contribution is -2.46. The topological polar surface area (TPSA) is 49.6 Å². The highest BCUT2D eigenvalue weighted by Crippen LogP contribution is 2.23. The standard InChI is InChI=1S/C16H22F3N3O/c17-16(18,19)12-22-10-7-14(15(22)23)21(11-8-20)9-6-13-4-2-1-3-5-13/h1-5,14H,6-12,20H2. The number of rotatable bonds is 7. The summed E-state index contributed by atoms with van der Waals surface area (Å²) in [6.45, 7) is 0.464. The van der Waals surface area contributed by atoms with Gasteiger partial charge in [-0.05, 0) is 18.4 Å². The van der Waals surface area contributed by atoms with E-state index in [0.29, 0.717) is 26.1 Å². The molecule has 0 saturated carbocycles. The summed E-state index contributed by atoms with van der Waals surface area (Å²) in [5.74, 6) is -0.441. The third-order valence-electron chi connectivity index (χ3n) is 4.03. The van der Waals surface area contributed by atoms with E-state index >= 15 is 0 Å². The number of amides is 1. The summed E-state index contributed by atoms with van der Waals surface area (Å²) < 4.78 is 37.5. The molecule has 1 saturated heterocycles. The fourth-order valence-electron chi connectivity index (χ4n) is 2.94. The first-order valence-electron chi connectivity index (χ1n) is 7.74. The summed E-state index contributed by atoms with van der Waals surface area (Å²) in [5, 5.41) is 0. The molecule has 1 amide bonds. The molecule has 0 bridgehead atoms. The predicted octanol–water partition coefficient (Wildman–Crippen LogP) is 1.65. The molecule has 0 aromatic heterocycles. The third kappa shape index (κ3) is 5.21. The molecule has 1 aromatic carbocycles. The zero-order valence-corrected chi connectivity index (χ0v) is 12.9. The second kappa shape index (κ2) is 7.79. The van der Waals surface area contributed by atoms with Crippen molar-refractivity contribution in [1.82, 2.24) is 9.80 Å². The van der Waals surface area contributed by atoms with Crippen molar-refractivity contribution in [3.8, 4) is 0 Å². The molecule has 0 radical (unpaired) electrons. The van der Waals surface area contributed by atoms with E-state index in [0.717, 1.165) is 16.9 Å². The van der Waals surface area contributed by atoms with Gasteiger partial charge in [-0.2, -0.15) is 13.2 Å². The zero-order chi connectivity index (χ0) is 16.9. The molecule has 1 aliphatic rings. The maximum Gasteiger partial charge on any atom is 0.406 e. The maximum absolute atomic E-state index is 12.5. The van der Waals surface area contributed by atoms with Gasteiger partial charge in [0.05, 0.1) is 6.04 Å². The van der Waals surface area contributed by atoms with Gasteiger partial charge in [-0.25, -0.2) is 0 Å². The van der Waals surface area contributed by atoms with Crippen LogP contribution in [-0.4, -0.2) is 60.6 Å². The maximum atomic E-state index is 12.5. The Bertz CT molecular complexity index is 507. The number of likely N-dealkylation sites (tertiary alicyclic amines) is 1. The number of hydrogen-bond donors (Lipinski definition) is 1. The van der Waals surface area contributed by atoms with Crippen LogP contribution in [0.15, 0.2) is 30.3 Å². The zero-order valence-electron chi connectivity index (χ0n) is 12.9. The van der Waals surface area contributed by atoms with Crippen molar-refractivity contribution in [2.75, 3.05) is 32.7 Å². The van der Waals surface area contributed by atoms with Gasteiger partial charge < -0.3 is 10.6 Å². The average Bonchev–Trinajstić information content (AvgIpc) is 2.84. The number of carbonyl (C=O) groups is 1. The number of carbonyl (C=O) groups excluding carboxylic acids is 1. The van der Waals surface area contributed by atoms with Crippen LogP contribution in [0.3, 0.4) is 0 Å². The molecular formula is C16H22F3N3O. The molecule has 7 heteroatoms. The van der Waals surface area contributed by atoms with Gasteiger partial charge in [-0.3, -0.25) is 9.69 Å². The fraction of sp³-hybridized carbons (Fsp3) is 0.562. The summed E-state index contributed by atoms with van der Waals surface area (Å²) >= 11 is 0. The highest BCUT2D eigenvalue weighted by molar-refractivity contribution is 5.84. The first-order chi connectivity index (χ1) is 10.9. The lowest BCUT2D eigenvalue weighted by Gasteiger charge is -2.27. The van der Waals surface area contributed by atoms with Crippen LogP contribution in [0.1, 0.15) is 12.0 Å². The number of benzene rings is 1. The van der Waals surface area contributed by atoms with Crippen molar-refractivity contribution in [3.63, 3.8) is 0 Å². The Morgan fingerprint density at radius 2 is 1.91 bits per heavy atom. The minimum absolute atomic E-state index is 0.148. The van der Waals surface area contributed by atoms with E-state index in [1.165, 1.54) is 0 Å². The molecule has 1 heterocycles. The van der Waals surface area contributed by atoms with Crippen molar-refractivity contribution in [2.24, 2.45) is 5.73 Å². The smallest absolute Gasteiger partial charge is 0.332 e. The van der Waals surface area contributed by atoms with Gasteiger partial charge in [0.2, 0.25) is 5.91 Å². The number of hydrogen-bond acceptors (Lipinski definition) is 3. The second-order valence-electron chi connectivity index (χ2n) is 5.74. The minimum Gasteiger partial charge on any atom is -0.332 e. The van der Waals surface area contributed by atoms with E-state index in [1.807, 2.05) is 35.2 Å². The van der Waals surface area contributed by atoms with E-state index in [-0.39, 0.29) is 6.54 Å². The molecule has 1 aromatic rings. The molecule has 4 nitrogen and oxygen atoms in total. The summed E-state index contributed by atoms with van der Waals surface area (Å²) in [6.07, 6.45) is -3.19. The first kappa shape index (κ1) is 17.7. The van der Waals surface area contributed by atoms with Crippen molar-refractivity contribution in [2.45, 2.75) is 25.1 Å². The van der Waals surface area contributed by atoms with Gasteiger partial charge >= 0.3 is 6.18 Å². The van der Waals surface area contributed by atoms with E-state index in [2.05, 4.69) is 0 Å². The number of halogens is 3. The van der Waals surface area contributed by atoms with E-state index < -0.39 is 24.7 Å². The summed E-state index contributed by atoms with van der Waals surface area (Å²) in [7, 11) is 0.